The molecule has 0 fully saturated rings. The first kappa shape index (κ1) is 35.8. The van der Waals surface area contributed by atoms with Crippen LogP contribution in [0.1, 0.15) is 37.5 Å². The molecule has 6 nitrogen and oxygen atoms in total. The van der Waals surface area contributed by atoms with Crippen molar-refractivity contribution >= 4 is 50.7 Å². The van der Waals surface area contributed by atoms with Gasteiger partial charge >= 0.3 is 6.92 Å². The molecule has 0 N–H and O–H groups in total. The van der Waals surface area contributed by atoms with Gasteiger partial charge in [-0.25, -0.2) is 4.98 Å². The zero-order chi connectivity index (χ0) is 37.4. The number of aryl methyl sites for hydroxylation is 2. The number of hydrogen-bond donors (Lipinski definition) is 0. The summed E-state index contributed by atoms with van der Waals surface area (Å²) in [4.78, 5) is 5.04. The summed E-state index contributed by atoms with van der Waals surface area (Å²) in [5.74, 6) is 2.68. The Bertz CT molecular complexity index is 2940. The van der Waals surface area contributed by atoms with Crippen LogP contribution in [0.4, 0.5) is 0 Å². The van der Waals surface area contributed by atoms with Crippen molar-refractivity contribution in [3.8, 4) is 34.4 Å². The number of aromatic nitrogens is 4. The number of para-hydroxylation sites is 4. The van der Waals surface area contributed by atoms with Crippen LogP contribution in [-0.4, -0.2) is 21.0 Å². The third kappa shape index (κ3) is 5.76. The Kier molecular flexibility index (Phi) is 8.74. The van der Waals surface area contributed by atoms with Gasteiger partial charge in [0.05, 0.1) is 16.7 Å². The summed E-state index contributed by atoms with van der Waals surface area (Å²) in [6, 6.07) is 50.8. The Morgan fingerprint density at radius 2 is 1.46 bits per heavy atom. The third-order valence-corrected chi connectivity index (χ3v) is 10.7. The van der Waals surface area contributed by atoms with Gasteiger partial charge in [0.1, 0.15) is 5.75 Å². The second kappa shape index (κ2) is 13.7. The molecule has 6 aromatic carbocycles. The minimum Gasteiger partial charge on any atom is -0.549 e. The molecule has 9 aromatic rings. The summed E-state index contributed by atoms with van der Waals surface area (Å²) in [5, 5.41) is 2.18. The number of imidazole rings is 1. The van der Waals surface area contributed by atoms with Gasteiger partial charge in [-0.1, -0.05) is 116 Å². The smallest absolute Gasteiger partial charge is 0.429 e. The molecule has 8 heteroatoms. The van der Waals surface area contributed by atoms with E-state index in [1.807, 2.05) is 65.4 Å². The second-order valence-electron chi connectivity index (χ2n) is 15.3. The van der Waals surface area contributed by atoms with E-state index in [0.29, 0.717) is 11.5 Å². The van der Waals surface area contributed by atoms with Gasteiger partial charge in [-0.15, -0.1) is 29.7 Å². The SMILES string of the molecule is Cc1cccc(C)c1B1Oc2c(C(C)(C)C)ccnc2-n2c3[c-]c(Oc4[c-]c(-n5[c-][n+](-c6ccccc6)c6ccccc65)ccc4)ccc3c3cccc1c32.[Pt]. The van der Waals surface area contributed by atoms with Crippen molar-refractivity contribution in [1.29, 1.82) is 0 Å². The summed E-state index contributed by atoms with van der Waals surface area (Å²) < 4.78 is 20.2. The maximum absolute atomic E-state index is 7.24. The van der Waals surface area contributed by atoms with E-state index in [-0.39, 0.29) is 33.4 Å². The van der Waals surface area contributed by atoms with Gasteiger partial charge in [-0.2, -0.15) is 18.2 Å². The van der Waals surface area contributed by atoms with E-state index in [9.17, 15) is 0 Å². The molecule has 0 amide bonds. The van der Waals surface area contributed by atoms with E-state index in [0.717, 1.165) is 66.8 Å². The third-order valence-electron chi connectivity index (χ3n) is 10.7. The van der Waals surface area contributed by atoms with Gasteiger partial charge < -0.3 is 18.5 Å². The molecule has 0 aliphatic carbocycles. The van der Waals surface area contributed by atoms with E-state index in [2.05, 4.69) is 135 Å². The number of pyridine rings is 1. The summed E-state index contributed by atoms with van der Waals surface area (Å²) in [6.45, 7) is 10.7. The molecule has 1 aliphatic rings. The Morgan fingerprint density at radius 1 is 0.732 bits per heavy atom. The normalized spacial score (nSPS) is 12.3. The minimum absolute atomic E-state index is 0. The molecule has 4 heterocycles. The summed E-state index contributed by atoms with van der Waals surface area (Å²) in [7, 11) is 0. The number of rotatable bonds is 5. The van der Waals surface area contributed by atoms with Crippen LogP contribution < -0.4 is 24.9 Å². The molecule has 10 rings (SSSR count). The predicted octanol–water partition coefficient (Wildman–Crippen LogP) is 9.00. The van der Waals surface area contributed by atoms with Gasteiger partial charge in [-0.3, -0.25) is 4.57 Å². The van der Waals surface area contributed by atoms with E-state index in [1.165, 1.54) is 16.6 Å². The van der Waals surface area contributed by atoms with Crippen molar-refractivity contribution in [3.05, 3.63) is 169 Å². The van der Waals surface area contributed by atoms with Crippen LogP contribution in [-0.2, 0) is 26.5 Å². The zero-order valence-corrected chi connectivity index (χ0v) is 34.0. The number of benzene rings is 6. The maximum atomic E-state index is 7.24. The quantitative estimate of drug-likeness (QED) is 0.0985. The van der Waals surface area contributed by atoms with E-state index < -0.39 is 0 Å². The van der Waals surface area contributed by atoms with Crippen molar-refractivity contribution in [3.63, 3.8) is 0 Å². The molecule has 1 aliphatic heterocycles. The van der Waals surface area contributed by atoms with Gasteiger partial charge in [0.15, 0.2) is 5.82 Å². The van der Waals surface area contributed by atoms with Crippen LogP contribution in [0, 0.1) is 32.3 Å². The molecular formula is C48H37BN4O2Pt-2. The Morgan fingerprint density at radius 3 is 2.27 bits per heavy atom. The minimum atomic E-state index is -0.338. The fraction of sp³-hybridized carbons (Fsp3) is 0.125. The van der Waals surface area contributed by atoms with Gasteiger partial charge in [0, 0.05) is 49.8 Å². The first-order valence-electron chi connectivity index (χ1n) is 18.7. The van der Waals surface area contributed by atoms with Gasteiger partial charge in [0.25, 0.3) is 6.33 Å². The van der Waals surface area contributed by atoms with Crippen LogP contribution in [0.15, 0.2) is 134 Å². The topological polar surface area (TPSA) is 45.1 Å². The number of fused-ring (bicyclic) bond motifs is 6. The molecule has 0 bridgehead atoms. The molecule has 0 atom stereocenters. The molecular weight excluding hydrogens is 870 g/mol. The van der Waals surface area contributed by atoms with E-state index in [4.69, 9.17) is 14.4 Å². The maximum Gasteiger partial charge on any atom is 0.429 e. The van der Waals surface area contributed by atoms with Crippen LogP contribution >= 0.6 is 0 Å². The molecule has 276 valence electrons. The van der Waals surface area contributed by atoms with Crippen molar-refractivity contribution in [2.75, 3.05) is 0 Å². The molecule has 56 heavy (non-hydrogen) atoms. The van der Waals surface area contributed by atoms with E-state index in [1.54, 1.807) is 0 Å². The van der Waals surface area contributed by atoms with Crippen LogP contribution in [0.25, 0.3) is 50.0 Å². The fourth-order valence-electron chi connectivity index (χ4n) is 8.17. The predicted molar refractivity (Wildman–Crippen MR) is 220 cm³/mol. The van der Waals surface area contributed by atoms with Gasteiger partial charge in [-0.05, 0) is 59.5 Å². The van der Waals surface area contributed by atoms with Crippen LogP contribution in [0.5, 0.6) is 17.2 Å². The van der Waals surface area contributed by atoms with Crippen LogP contribution in [0.3, 0.4) is 0 Å². The van der Waals surface area contributed by atoms with Crippen molar-refractivity contribution in [2.45, 2.75) is 40.0 Å². The van der Waals surface area contributed by atoms with Crippen LogP contribution in [0.2, 0.25) is 0 Å². The molecule has 0 saturated heterocycles. The van der Waals surface area contributed by atoms with Gasteiger partial charge in [0.2, 0.25) is 0 Å². The molecule has 0 spiro atoms. The number of nitrogens with zero attached hydrogens (tertiary/aromatic N) is 4. The Balaban J connectivity index is 0.00000410. The Hall–Kier alpha value is -5.91. The Labute approximate surface area is 341 Å². The summed E-state index contributed by atoms with van der Waals surface area (Å²) in [5.41, 5.74) is 11.4. The standard InChI is InChI=1S/C48H37BN4O2.Pt/c1-31-14-11-15-32(2)44(31)49-40-21-13-20-38-37-25-24-36(29-43(37)53(45(38)40)47-46(55-49)39(26-27-50-47)48(3,4)5)54-35-19-12-18-34(28-35)52-30-51(33-16-7-6-8-17-33)41-22-9-10-23-42(41)52;/h6-27H,1-5H3;/q-2;. The summed E-state index contributed by atoms with van der Waals surface area (Å²) >= 11 is 0. The monoisotopic (exact) mass is 907 g/mol. The average Bonchev–Trinajstić information content (AvgIpc) is 3.69. The molecule has 3 aromatic heterocycles. The van der Waals surface area contributed by atoms with E-state index >= 15 is 0 Å². The summed E-state index contributed by atoms with van der Waals surface area (Å²) in [6.07, 6.45) is 5.44. The second-order valence-corrected chi connectivity index (χ2v) is 15.3. The molecule has 0 radical (unpaired) electrons. The zero-order valence-electron chi connectivity index (χ0n) is 31.7. The first-order valence-corrected chi connectivity index (χ1v) is 18.7. The van der Waals surface area contributed by atoms with Crippen molar-refractivity contribution in [1.82, 2.24) is 14.1 Å². The number of ether oxygens (including phenoxy) is 1. The number of hydrogen-bond acceptors (Lipinski definition) is 3. The largest absolute Gasteiger partial charge is 0.549 e. The van der Waals surface area contributed by atoms with Crippen molar-refractivity contribution in [2.24, 2.45) is 0 Å². The van der Waals surface area contributed by atoms with Crippen molar-refractivity contribution < 1.29 is 35.0 Å². The molecule has 0 saturated carbocycles. The first-order chi connectivity index (χ1) is 26.7. The molecule has 0 unspecified atom stereocenters. The fourth-order valence-corrected chi connectivity index (χ4v) is 8.17. The average molecular weight is 908 g/mol.